The molecule has 0 aliphatic carbocycles. The molecule has 2 aromatic rings. The first-order valence-electron chi connectivity index (χ1n) is 7.03. The monoisotopic (exact) mass is 284 g/mol. The van der Waals surface area contributed by atoms with Crippen molar-refractivity contribution in [2.24, 2.45) is 0 Å². The molecule has 0 saturated heterocycles. The third kappa shape index (κ3) is 2.64. The highest BCUT2D eigenvalue weighted by Crippen LogP contribution is 2.47. The third-order valence-electron chi connectivity index (χ3n) is 3.36. The van der Waals surface area contributed by atoms with Crippen LogP contribution in [0.5, 0.6) is 5.75 Å². The maximum Gasteiger partial charge on any atom is 0.184 e. The average Bonchev–Trinajstić information content (AvgIpc) is 2.77. The summed E-state index contributed by atoms with van der Waals surface area (Å²) >= 11 is 0. The van der Waals surface area contributed by atoms with Crippen LogP contribution < -0.4 is 4.74 Å². The van der Waals surface area contributed by atoms with Crippen LogP contribution in [0.2, 0.25) is 19.6 Å². The van der Waals surface area contributed by atoms with Crippen molar-refractivity contribution in [1.82, 2.24) is 0 Å². The Balaban J connectivity index is 1.99. The zero-order valence-corrected chi connectivity index (χ0v) is 13.2. The molecule has 3 rings (SSSR count). The smallest absolute Gasteiger partial charge is 0.184 e. The molecule has 2 aromatic carbocycles. The first-order valence-corrected chi connectivity index (χ1v) is 10.4. The topological polar surface area (TPSA) is 18.5 Å². The number of benzene rings is 2. The Kier molecular flexibility index (Phi) is 3.40. The maximum atomic E-state index is 6.41. The van der Waals surface area contributed by atoms with Gasteiger partial charge in [-0.2, -0.15) is 0 Å². The van der Waals surface area contributed by atoms with Crippen LogP contribution in [0.1, 0.15) is 23.3 Å². The highest BCUT2D eigenvalue weighted by molar-refractivity contribution is 6.69. The summed E-state index contributed by atoms with van der Waals surface area (Å²) in [5.74, 6) is 0.949. The molecule has 0 unspecified atom stereocenters. The zero-order valence-electron chi connectivity index (χ0n) is 12.2. The Morgan fingerprint density at radius 3 is 2.25 bits per heavy atom. The van der Waals surface area contributed by atoms with E-state index in [1.165, 1.54) is 11.1 Å². The van der Waals surface area contributed by atoms with Crippen LogP contribution in [0.15, 0.2) is 54.6 Å². The van der Waals surface area contributed by atoms with E-state index < -0.39 is 8.32 Å². The van der Waals surface area contributed by atoms with Crippen molar-refractivity contribution >= 4 is 8.32 Å². The number of para-hydroxylation sites is 1. The van der Waals surface area contributed by atoms with E-state index >= 15 is 0 Å². The first kappa shape index (κ1) is 13.4. The van der Waals surface area contributed by atoms with Crippen molar-refractivity contribution in [1.29, 1.82) is 0 Å². The molecule has 0 N–H and O–H groups in total. The molecule has 0 aromatic heterocycles. The van der Waals surface area contributed by atoms with E-state index in [2.05, 4.69) is 43.9 Å². The Labute approximate surface area is 121 Å². The normalized spacial score (nSPS) is 21.4. The van der Waals surface area contributed by atoms with Gasteiger partial charge < -0.3 is 9.16 Å². The van der Waals surface area contributed by atoms with Gasteiger partial charge in [-0.15, -0.1) is 0 Å². The van der Waals surface area contributed by atoms with Gasteiger partial charge in [-0.05, 0) is 31.3 Å². The lowest BCUT2D eigenvalue weighted by molar-refractivity contribution is 0.0809. The molecule has 20 heavy (non-hydrogen) atoms. The van der Waals surface area contributed by atoms with Gasteiger partial charge in [0.1, 0.15) is 11.9 Å². The molecular weight excluding hydrogens is 264 g/mol. The lowest BCUT2D eigenvalue weighted by atomic mass is 10.0. The molecular formula is C17H20O2Si. The SMILES string of the molecule is C[Si](C)(C)O[C@@H]1c2ccccc2O[C@H]1c1ccccc1. The molecule has 3 heteroatoms. The largest absolute Gasteiger partial charge is 0.482 e. The molecule has 0 amide bonds. The maximum absolute atomic E-state index is 6.41. The second kappa shape index (κ2) is 5.07. The van der Waals surface area contributed by atoms with E-state index in [1.807, 2.05) is 30.3 Å². The summed E-state index contributed by atoms with van der Waals surface area (Å²) in [6, 6.07) is 18.5. The van der Waals surface area contributed by atoms with E-state index in [4.69, 9.17) is 9.16 Å². The van der Waals surface area contributed by atoms with Crippen molar-refractivity contribution in [3.05, 3.63) is 65.7 Å². The minimum Gasteiger partial charge on any atom is -0.482 e. The van der Waals surface area contributed by atoms with Gasteiger partial charge in [0.05, 0.1) is 0 Å². The van der Waals surface area contributed by atoms with Gasteiger partial charge in [0.2, 0.25) is 0 Å². The predicted octanol–water partition coefficient (Wildman–Crippen LogP) is 4.71. The van der Waals surface area contributed by atoms with Crippen LogP contribution in [-0.2, 0) is 4.43 Å². The summed E-state index contributed by atoms with van der Waals surface area (Å²) in [5, 5.41) is 0. The molecule has 0 saturated carbocycles. The number of rotatable bonds is 3. The molecule has 1 heterocycles. The Morgan fingerprint density at radius 1 is 0.900 bits per heavy atom. The minimum absolute atomic E-state index is 0.000247. The van der Waals surface area contributed by atoms with Gasteiger partial charge in [0.15, 0.2) is 14.4 Å². The summed E-state index contributed by atoms with van der Waals surface area (Å²) in [6.07, 6.45) is -0.0411. The summed E-state index contributed by atoms with van der Waals surface area (Å²) in [6.45, 7) is 6.65. The fourth-order valence-electron chi connectivity index (χ4n) is 2.58. The number of fused-ring (bicyclic) bond motifs is 1. The fraction of sp³-hybridized carbons (Fsp3) is 0.294. The van der Waals surface area contributed by atoms with Crippen molar-refractivity contribution in [3.63, 3.8) is 0 Å². The van der Waals surface area contributed by atoms with Gasteiger partial charge in [0, 0.05) is 5.56 Å². The van der Waals surface area contributed by atoms with E-state index in [1.54, 1.807) is 0 Å². The second-order valence-corrected chi connectivity index (χ2v) is 10.6. The molecule has 1 aliphatic heterocycles. The Morgan fingerprint density at radius 2 is 1.55 bits per heavy atom. The van der Waals surface area contributed by atoms with Crippen molar-refractivity contribution in [3.8, 4) is 5.75 Å². The molecule has 1 aliphatic rings. The molecule has 2 nitrogen and oxygen atoms in total. The van der Waals surface area contributed by atoms with Crippen LogP contribution in [-0.4, -0.2) is 8.32 Å². The Hall–Kier alpha value is -1.58. The van der Waals surface area contributed by atoms with Crippen LogP contribution >= 0.6 is 0 Å². The first-order chi connectivity index (χ1) is 9.54. The molecule has 2 atom stereocenters. The van der Waals surface area contributed by atoms with Gasteiger partial charge in [-0.1, -0.05) is 48.5 Å². The molecule has 104 valence electrons. The van der Waals surface area contributed by atoms with Crippen LogP contribution in [0, 0.1) is 0 Å². The highest BCUT2D eigenvalue weighted by atomic mass is 28.4. The summed E-state index contributed by atoms with van der Waals surface area (Å²) in [5.41, 5.74) is 2.34. The van der Waals surface area contributed by atoms with Gasteiger partial charge in [-0.3, -0.25) is 0 Å². The molecule has 0 fully saturated rings. The number of ether oxygens (including phenoxy) is 1. The highest BCUT2D eigenvalue weighted by Gasteiger charge is 2.38. The van der Waals surface area contributed by atoms with Crippen LogP contribution in [0.25, 0.3) is 0 Å². The minimum atomic E-state index is -1.65. The van der Waals surface area contributed by atoms with E-state index in [0.29, 0.717) is 0 Å². The van der Waals surface area contributed by atoms with Crippen LogP contribution in [0.4, 0.5) is 0 Å². The molecule has 0 radical (unpaired) electrons. The summed E-state index contributed by atoms with van der Waals surface area (Å²) in [7, 11) is -1.65. The van der Waals surface area contributed by atoms with Crippen molar-refractivity contribution < 1.29 is 9.16 Å². The van der Waals surface area contributed by atoms with Crippen molar-refractivity contribution in [2.75, 3.05) is 0 Å². The quantitative estimate of drug-likeness (QED) is 0.760. The van der Waals surface area contributed by atoms with Gasteiger partial charge in [0.25, 0.3) is 0 Å². The molecule has 0 spiro atoms. The molecule has 0 bridgehead atoms. The predicted molar refractivity (Wildman–Crippen MR) is 83.4 cm³/mol. The lowest BCUT2D eigenvalue weighted by Crippen LogP contribution is -2.29. The van der Waals surface area contributed by atoms with Gasteiger partial charge >= 0.3 is 0 Å². The summed E-state index contributed by atoms with van der Waals surface area (Å²) in [4.78, 5) is 0. The van der Waals surface area contributed by atoms with E-state index in [9.17, 15) is 0 Å². The number of hydrogen-bond donors (Lipinski definition) is 0. The zero-order chi connectivity index (χ0) is 14.2. The second-order valence-electron chi connectivity index (χ2n) is 6.14. The van der Waals surface area contributed by atoms with E-state index in [-0.39, 0.29) is 12.2 Å². The van der Waals surface area contributed by atoms with E-state index in [0.717, 1.165) is 5.75 Å². The average molecular weight is 284 g/mol. The fourth-order valence-corrected chi connectivity index (χ4v) is 3.59. The van der Waals surface area contributed by atoms with Gasteiger partial charge in [-0.25, -0.2) is 0 Å². The van der Waals surface area contributed by atoms with Crippen molar-refractivity contribution in [2.45, 2.75) is 31.8 Å². The third-order valence-corrected chi connectivity index (χ3v) is 4.32. The number of hydrogen-bond acceptors (Lipinski definition) is 2. The summed E-state index contributed by atoms with van der Waals surface area (Å²) < 4.78 is 12.6. The lowest BCUT2D eigenvalue weighted by Gasteiger charge is -2.27. The van der Waals surface area contributed by atoms with Crippen LogP contribution in [0.3, 0.4) is 0 Å². The Bertz CT molecular complexity index is 589. The standard InChI is InChI=1S/C17H20O2Si/c1-20(2,3)19-17-14-11-7-8-12-15(14)18-16(17)13-9-5-4-6-10-13/h4-12,16-17H,1-3H3/t16-,17+/m0/s1.